The van der Waals surface area contributed by atoms with Gasteiger partial charge in [-0.05, 0) is 46.3 Å². The van der Waals surface area contributed by atoms with Crippen molar-refractivity contribution >= 4 is 27.5 Å². The van der Waals surface area contributed by atoms with E-state index in [4.69, 9.17) is 0 Å². The standard InChI is InChI=1S/C13H8BrF2NO/c14-10-6-5-8(15)7-12(10)17-13(18)9-3-1-2-4-11(9)16/h1-7H,(H,17,18). The van der Waals surface area contributed by atoms with Gasteiger partial charge in [-0.15, -0.1) is 0 Å². The molecule has 0 aromatic heterocycles. The smallest absolute Gasteiger partial charge is 0.258 e. The summed E-state index contributed by atoms with van der Waals surface area (Å²) in [6, 6.07) is 9.47. The summed E-state index contributed by atoms with van der Waals surface area (Å²) in [5.74, 6) is -1.73. The highest BCUT2D eigenvalue weighted by atomic mass is 79.9. The van der Waals surface area contributed by atoms with E-state index in [1.807, 2.05) is 0 Å². The van der Waals surface area contributed by atoms with E-state index in [2.05, 4.69) is 21.2 Å². The van der Waals surface area contributed by atoms with E-state index >= 15 is 0 Å². The summed E-state index contributed by atoms with van der Waals surface area (Å²) in [5.41, 5.74) is 0.164. The molecule has 0 aliphatic rings. The largest absolute Gasteiger partial charge is 0.321 e. The van der Waals surface area contributed by atoms with Crippen LogP contribution < -0.4 is 5.32 Å². The van der Waals surface area contributed by atoms with Crippen LogP contribution in [0.3, 0.4) is 0 Å². The van der Waals surface area contributed by atoms with E-state index in [0.29, 0.717) is 4.47 Å². The molecule has 5 heteroatoms. The Morgan fingerprint density at radius 2 is 1.83 bits per heavy atom. The molecule has 2 aromatic rings. The number of nitrogens with one attached hydrogen (secondary N) is 1. The first-order chi connectivity index (χ1) is 8.58. The molecule has 0 saturated carbocycles. The van der Waals surface area contributed by atoms with Gasteiger partial charge in [-0.2, -0.15) is 0 Å². The third-order valence-electron chi connectivity index (χ3n) is 2.30. The minimum atomic E-state index is -0.626. The molecule has 0 fully saturated rings. The average Bonchev–Trinajstić information content (AvgIpc) is 2.34. The van der Waals surface area contributed by atoms with Crippen molar-refractivity contribution in [2.24, 2.45) is 0 Å². The first-order valence-corrected chi connectivity index (χ1v) is 5.88. The third kappa shape index (κ3) is 2.73. The average molecular weight is 312 g/mol. The van der Waals surface area contributed by atoms with Crippen molar-refractivity contribution in [3.05, 3.63) is 64.1 Å². The van der Waals surface area contributed by atoms with Gasteiger partial charge in [-0.3, -0.25) is 4.79 Å². The highest BCUT2D eigenvalue weighted by Gasteiger charge is 2.12. The molecular weight excluding hydrogens is 304 g/mol. The summed E-state index contributed by atoms with van der Waals surface area (Å²) in [7, 11) is 0. The fraction of sp³-hybridized carbons (Fsp3) is 0. The summed E-state index contributed by atoms with van der Waals surface area (Å²) in [4.78, 5) is 11.8. The van der Waals surface area contributed by atoms with Gasteiger partial charge < -0.3 is 5.32 Å². The zero-order valence-corrected chi connectivity index (χ0v) is 10.7. The van der Waals surface area contributed by atoms with E-state index in [0.717, 1.165) is 6.07 Å². The zero-order chi connectivity index (χ0) is 13.1. The molecule has 0 aliphatic heterocycles. The number of carbonyl (C=O) groups is 1. The minimum Gasteiger partial charge on any atom is -0.321 e. The second-order valence-corrected chi connectivity index (χ2v) is 4.41. The molecule has 1 amide bonds. The van der Waals surface area contributed by atoms with Crippen molar-refractivity contribution in [3.63, 3.8) is 0 Å². The van der Waals surface area contributed by atoms with Gasteiger partial charge >= 0.3 is 0 Å². The molecule has 0 unspecified atom stereocenters. The number of rotatable bonds is 2. The van der Waals surface area contributed by atoms with E-state index in [-0.39, 0.29) is 11.3 Å². The summed E-state index contributed by atoms with van der Waals surface area (Å²) < 4.78 is 26.9. The molecular formula is C13H8BrF2NO. The molecule has 18 heavy (non-hydrogen) atoms. The molecule has 92 valence electrons. The Bertz CT molecular complexity index is 601. The van der Waals surface area contributed by atoms with Gasteiger partial charge in [0.25, 0.3) is 5.91 Å². The van der Waals surface area contributed by atoms with Crippen LogP contribution in [-0.2, 0) is 0 Å². The van der Waals surface area contributed by atoms with Crippen molar-refractivity contribution in [1.82, 2.24) is 0 Å². The van der Waals surface area contributed by atoms with Gasteiger partial charge in [0.05, 0.1) is 11.3 Å². The van der Waals surface area contributed by atoms with Crippen LogP contribution in [-0.4, -0.2) is 5.91 Å². The SMILES string of the molecule is O=C(Nc1cc(F)ccc1Br)c1ccccc1F. The number of amides is 1. The summed E-state index contributed by atoms with van der Waals surface area (Å²) in [6.07, 6.45) is 0. The van der Waals surface area contributed by atoms with Gasteiger partial charge in [0.2, 0.25) is 0 Å². The van der Waals surface area contributed by atoms with Crippen LogP contribution in [0.25, 0.3) is 0 Å². The van der Waals surface area contributed by atoms with Crippen molar-refractivity contribution in [2.45, 2.75) is 0 Å². The molecule has 2 rings (SSSR count). The Hall–Kier alpha value is -1.75. The number of hydrogen-bond donors (Lipinski definition) is 1. The summed E-state index contributed by atoms with van der Waals surface area (Å²) >= 11 is 3.17. The lowest BCUT2D eigenvalue weighted by Gasteiger charge is -2.08. The fourth-order valence-corrected chi connectivity index (χ4v) is 1.77. The number of hydrogen-bond acceptors (Lipinski definition) is 1. The second kappa shape index (κ2) is 5.27. The molecule has 0 aliphatic carbocycles. The number of carbonyl (C=O) groups excluding carboxylic acids is 1. The molecule has 1 N–H and O–H groups in total. The van der Waals surface area contributed by atoms with E-state index in [1.54, 1.807) is 6.07 Å². The highest BCUT2D eigenvalue weighted by molar-refractivity contribution is 9.10. The molecule has 2 nitrogen and oxygen atoms in total. The van der Waals surface area contributed by atoms with Crippen LogP contribution in [0.2, 0.25) is 0 Å². The van der Waals surface area contributed by atoms with Crippen LogP contribution >= 0.6 is 15.9 Å². The van der Waals surface area contributed by atoms with Gasteiger partial charge in [0, 0.05) is 4.47 Å². The van der Waals surface area contributed by atoms with Gasteiger partial charge in [0.15, 0.2) is 0 Å². The summed E-state index contributed by atoms with van der Waals surface area (Å²) in [5, 5.41) is 2.44. The third-order valence-corrected chi connectivity index (χ3v) is 2.99. The Morgan fingerprint density at radius 3 is 2.56 bits per heavy atom. The molecule has 0 spiro atoms. The Balaban J connectivity index is 2.27. The highest BCUT2D eigenvalue weighted by Crippen LogP contribution is 2.23. The van der Waals surface area contributed by atoms with Gasteiger partial charge in [-0.25, -0.2) is 8.78 Å². The Kier molecular flexibility index (Phi) is 3.72. The Morgan fingerprint density at radius 1 is 1.11 bits per heavy atom. The molecule has 0 heterocycles. The van der Waals surface area contributed by atoms with Crippen molar-refractivity contribution < 1.29 is 13.6 Å². The van der Waals surface area contributed by atoms with Crippen molar-refractivity contribution in [1.29, 1.82) is 0 Å². The summed E-state index contributed by atoms with van der Waals surface area (Å²) in [6.45, 7) is 0. The first-order valence-electron chi connectivity index (χ1n) is 5.09. The maximum absolute atomic E-state index is 13.4. The predicted octanol–water partition coefficient (Wildman–Crippen LogP) is 3.98. The lowest BCUT2D eigenvalue weighted by molar-refractivity contribution is 0.102. The minimum absolute atomic E-state index is 0.0892. The lowest BCUT2D eigenvalue weighted by Crippen LogP contribution is -2.14. The molecule has 0 radical (unpaired) electrons. The monoisotopic (exact) mass is 311 g/mol. The van der Waals surface area contributed by atoms with E-state index in [9.17, 15) is 13.6 Å². The van der Waals surface area contributed by atoms with Crippen molar-refractivity contribution in [3.8, 4) is 0 Å². The van der Waals surface area contributed by atoms with Crippen LogP contribution in [0.1, 0.15) is 10.4 Å². The van der Waals surface area contributed by atoms with Crippen molar-refractivity contribution in [2.75, 3.05) is 5.32 Å². The number of halogens is 3. The van der Waals surface area contributed by atoms with Crippen LogP contribution in [0.5, 0.6) is 0 Å². The molecule has 0 bridgehead atoms. The number of anilines is 1. The van der Waals surface area contributed by atoms with Gasteiger partial charge in [-0.1, -0.05) is 12.1 Å². The van der Waals surface area contributed by atoms with Crippen LogP contribution in [0.4, 0.5) is 14.5 Å². The van der Waals surface area contributed by atoms with E-state index in [1.165, 1.54) is 30.3 Å². The lowest BCUT2D eigenvalue weighted by atomic mass is 10.2. The fourth-order valence-electron chi connectivity index (χ4n) is 1.43. The quantitative estimate of drug-likeness (QED) is 0.893. The van der Waals surface area contributed by atoms with Crippen LogP contribution in [0, 0.1) is 11.6 Å². The molecule has 0 atom stereocenters. The topological polar surface area (TPSA) is 29.1 Å². The van der Waals surface area contributed by atoms with Gasteiger partial charge in [0.1, 0.15) is 11.6 Å². The maximum Gasteiger partial charge on any atom is 0.258 e. The van der Waals surface area contributed by atoms with E-state index < -0.39 is 17.5 Å². The second-order valence-electron chi connectivity index (χ2n) is 3.56. The first kappa shape index (κ1) is 12.7. The van der Waals surface area contributed by atoms with Crippen LogP contribution in [0.15, 0.2) is 46.9 Å². The normalized spacial score (nSPS) is 10.2. The predicted molar refractivity (Wildman–Crippen MR) is 68.5 cm³/mol. The zero-order valence-electron chi connectivity index (χ0n) is 9.08. The number of benzene rings is 2. The maximum atomic E-state index is 13.4. The molecule has 2 aromatic carbocycles. The Labute approximate surface area is 111 Å². The molecule has 0 saturated heterocycles.